The van der Waals surface area contributed by atoms with Crippen molar-refractivity contribution in [2.45, 2.75) is 25.7 Å². The molecule has 0 aromatic heterocycles. The molecular weight excluding hydrogens is 552 g/mol. The summed E-state index contributed by atoms with van der Waals surface area (Å²) >= 11 is 0. The van der Waals surface area contributed by atoms with Crippen molar-refractivity contribution >= 4 is 38.9 Å². The number of rotatable bonds is 11. The maximum atomic E-state index is 13.6. The first-order valence-corrected chi connectivity index (χ1v) is 14.7. The predicted molar refractivity (Wildman–Crippen MR) is 165 cm³/mol. The first-order valence-electron chi connectivity index (χ1n) is 13.3. The van der Waals surface area contributed by atoms with Gasteiger partial charge in [-0.2, -0.15) is 5.10 Å². The average molecular weight is 585 g/mol. The summed E-state index contributed by atoms with van der Waals surface area (Å²) in [7, 11) is -4.10. The monoisotopic (exact) mass is 584 g/mol. The normalized spacial score (nSPS) is 11.5. The van der Waals surface area contributed by atoms with Gasteiger partial charge in [0.15, 0.2) is 0 Å². The van der Waals surface area contributed by atoms with E-state index in [1.54, 1.807) is 91.9 Å². The number of hydrazone groups is 1. The van der Waals surface area contributed by atoms with Crippen molar-refractivity contribution in [3.05, 3.63) is 120 Å². The molecule has 2 N–H and O–H groups in total. The highest BCUT2D eigenvalue weighted by Crippen LogP contribution is 2.25. The largest absolute Gasteiger partial charge is 0.494 e. The first-order chi connectivity index (χ1) is 20.2. The number of benzene rings is 4. The molecule has 2 amide bonds. The molecule has 0 atom stereocenters. The van der Waals surface area contributed by atoms with Gasteiger partial charge >= 0.3 is 0 Å². The zero-order valence-corrected chi connectivity index (χ0v) is 24.4. The summed E-state index contributed by atoms with van der Waals surface area (Å²) in [5.41, 5.74) is 5.98. The number of hydrogen-bond acceptors (Lipinski definition) is 6. The molecule has 4 aromatic carbocycles. The number of carbonyl (C=O) groups is 2. The van der Waals surface area contributed by atoms with Gasteiger partial charge in [-0.05, 0) is 87.0 Å². The fourth-order valence-electron chi connectivity index (χ4n) is 4.02. The summed E-state index contributed by atoms with van der Waals surface area (Å²) in [6.45, 7) is 5.39. The van der Waals surface area contributed by atoms with Crippen LogP contribution in [0.3, 0.4) is 0 Å². The molecule has 0 bridgehead atoms. The van der Waals surface area contributed by atoms with Crippen LogP contribution in [0.5, 0.6) is 5.75 Å². The van der Waals surface area contributed by atoms with Gasteiger partial charge in [-0.3, -0.25) is 13.9 Å². The van der Waals surface area contributed by atoms with Gasteiger partial charge in [-0.25, -0.2) is 13.8 Å². The number of ether oxygens (including phenoxy) is 1. The van der Waals surface area contributed by atoms with Gasteiger partial charge < -0.3 is 10.1 Å². The maximum absolute atomic E-state index is 13.6. The Balaban J connectivity index is 1.50. The van der Waals surface area contributed by atoms with Crippen LogP contribution in [0.1, 0.15) is 35.3 Å². The van der Waals surface area contributed by atoms with Crippen molar-refractivity contribution in [1.82, 2.24) is 5.43 Å². The molecule has 0 fully saturated rings. The number of hydrogen-bond donors (Lipinski definition) is 2. The Morgan fingerprint density at radius 3 is 2.19 bits per heavy atom. The summed E-state index contributed by atoms with van der Waals surface area (Å²) in [5.74, 6) is -0.330. The minimum Gasteiger partial charge on any atom is -0.494 e. The van der Waals surface area contributed by atoms with Crippen molar-refractivity contribution in [2.75, 3.05) is 22.8 Å². The Labute approximate surface area is 245 Å². The smallest absolute Gasteiger partial charge is 0.264 e. The Bertz CT molecular complexity index is 1670. The second-order valence-corrected chi connectivity index (χ2v) is 11.2. The van der Waals surface area contributed by atoms with Crippen LogP contribution in [0.4, 0.5) is 11.4 Å². The van der Waals surface area contributed by atoms with Crippen LogP contribution in [0, 0.1) is 6.92 Å². The average Bonchev–Trinajstić information content (AvgIpc) is 3.00. The zero-order valence-electron chi connectivity index (χ0n) is 23.6. The highest BCUT2D eigenvalue weighted by atomic mass is 32.2. The molecule has 10 heteroatoms. The van der Waals surface area contributed by atoms with E-state index >= 15 is 0 Å². The van der Waals surface area contributed by atoms with Crippen LogP contribution < -0.4 is 19.8 Å². The molecule has 0 saturated carbocycles. The topological polar surface area (TPSA) is 117 Å². The van der Waals surface area contributed by atoms with E-state index in [2.05, 4.69) is 15.8 Å². The quantitative estimate of drug-likeness (QED) is 0.181. The zero-order chi connectivity index (χ0) is 30.1. The molecule has 0 heterocycles. The third-order valence-electron chi connectivity index (χ3n) is 6.25. The molecule has 0 radical (unpaired) electrons. The SMILES string of the molecule is CCOc1ccc(S(=O)(=O)N(CC(=O)N/N=C(/C)c2cccc(NC(=O)c3ccccc3)c2)c2ccc(C)cc2)cc1. The summed E-state index contributed by atoms with van der Waals surface area (Å²) in [5, 5.41) is 7.03. The van der Waals surface area contributed by atoms with E-state index in [0.29, 0.717) is 40.6 Å². The highest BCUT2D eigenvalue weighted by Gasteiger charge is 2.27. The van der Waals surface area contributed by atoms with Gasteiger partial charge in [0, 0.05) is 11.3 Å². The molecule has 4 aromatic rings. The lowest BCUT2D eigenvalue weighted by Gasteiger charge is -2.24. The van der Waals surface area contributed by atoms with E-state index in [0.717, 1.165) is 9.87 Å². The van der Waals surface area contributed by atoms with Crippen molar-refractivity contribution in [3.63, 3.8) is 0 Å². The van der Waals surface area contributed by atoms with Crippen LogP contribution in [0.15, 0.2) is 113 Å². The van der Waals surface area contributed by atoms with Gasteiger partial charge in [0.1, 0.15) is 12.3 Å². The van der Waals surface area contributed by atoms with Gasteiger partial charge in [0.2, 0.25) is 0 Å². The molecule has 0 aliphatic carbocycles. The maximum Gasteiger partial charge on any atom is 0.264 e. The molecule has 4 rings (SSSR count). The number of aryl methyl sites for hydroxylation is 1. The molecule has 9 nitrogen and oxygen atoms in total. The van der Waals surface area contributed by atoms with Crippen LogP contribution in [-0.2, 0) is 14.8 Å². The Kier molecular flexibility index (Phi) is 9.72. The van der Waals surface area contributed by atoms with Gasteiger partial charge in [0.05, 0.1) is 22.9 Å². The number of sulfonamides is 1. The lowest BCUT2D eigenvalue weighted by atomic mass is 10.1. The second kappa shape index (κ2) is 13.6. The van der Waals surface area contributed by atoms with E-state index in [1.165, 1.54) is 12.1 Å². The second-order valence-electron chi connectivity index (χ2n) is 9.38. The molecule has 0 aliphatic rings. The summed E-state index contributed by atoms with van der Waals surface area (Å²) in [6.07, 6.45) is 0. The number of carbonyl (C=O) groups excluding carboxylic acids is 2. The Morgan fingerprint density at radius 1 is 0.857 bits per heavy atom. The van der Waals surface area contributed by atoms with Crippen molar-refractivity contribution in [3.8, 4) is 5.75 Å². The standard InChI is InChI=1S/C32H32N4O5S/c1-4-41-29-17-19-30(20-18-29)42(39,40)36(28-15-13-23(2)14-16-28)22-31(37)35-34-24(3)26-11-8-12-27(21-26)33-32(38)25-9-6-5-7-10-25/h5-21H,4,22H2,1-3H3,(H,33,38)(H,35,37)/b34-24-. The van der Waals surface area contributed by atoms with Crippen molar-refractivity contribution in [2.24, 2.45) is 5.10 Å². The third-order valence-corrected chi connectivity index (χ3v) is 8.04. The lowest BCUT2D eigenvalue weighted by Crippen LogP contribution is -2.39. The molecule has 42 heavy (non-hydrogen) atoms. The minimum absolute atomic E-state index is 0.0216. The van der Waals surface area contributed by atoms with Crippen LogP contribution in [-0.4, -0.2) is 39.1 Å². The summed E-state index contributed by atoms with van der Waals surface area (Å²) < 4.78 is 33.8. The molecule has 0 saturated heterocycles. The fraction of sp³-hybridized carbons (Fsp3) is 0.156. The fourth-order valence-corrected chi connectivity index (χ4v) is 5.44. The van der Waals surface area contributed by atoms with Crippen molar-refractivity contribution < 1.29 is 22.7 Å². The molecule has 0 spiro atoms. The predicted octanol–water partition coefficient (Wildman–Crippen LogP) is 5.38. The van der Waals surface area contributed by atoms with E-state index in [-0.39, 0.29) is 10.8 Å². The molecule has 216 valence electrons. The van der Waals surface area contributed by atoms with Gasteiger partial charge in [-0.15, -0.1) is 0 Å². The highest BCUT2D eigenvalue weighted by molar-refractivity contribution is 7.92. The minimum atomic E-state index is -4.10. The first kappa shape index (κ1) is 30.0. The Hall–Kier alpha value is -4.96. The van der Waals surface area contributed by atoms with E-state index in [1.807, 2.05) is 19.9 Å². The summed E-state index contributed by atoms with van der Waals surface area (Å²) in [6, 6.07) is 28.8. The van der Waals surface area contributed by atoms with Gasteiger partial charge in [0.25, 0.3) is 21.8 Å². The summed E-state index contributed by atoms with van der Waals surface area (Å²) in [4.78, 5) is 25.6. The van der Waals surface area contributed by atoms with Crippen LogP contribution in [0.25, 0.3) is 0 Å². The third kappa shape index (κ3) is 7.61. The molecule has 0 aliphatic heterocycles. The Morgan fingerprint density at radius 2 is 1.52 bits per heavy atom. The van der Waals surface area contributed by atoms with Gasteiger partial charge in [-0.1, -0.05) is 48.0 Å². The molecule has 0 unspecified atom stereocenters. The van der Waals surface area contributed by atoms with E-state index in [9.17, 15) is 18.0 Å². The van der Waals surface area contributed by atoms with Crippen molar-refractivity contribution in [1.29, 1.82) is 0 Å². The van der Waals surface area contributed by atoms with E-state index < -0.39 is 22.5 Å². The van der Waals surface area contributed by atoms with E-state index in [4.69, 9.17) is 4.74 Å². The number of nitrogens with one attached hydrogen (secondary N) is 2. The number of nitrogens with zero attached hydrogens (tertiary/aromatic N) is 2. The lowest BCUT2D eigenvalue weighted by molar-refractivity contribution is -0.119. The van der Waals surface area contributed by atoms with Crippen LogP contribution in [0.2, 0.25) is 0 Å². The molecular formula is C32H32N4O5S. The van der Waals surface area contributed by atoms with Crippen LogP contribution >= 0.6 is 0 Å². The number of amides is 2. The number of anilines is 2.